The molecular weight excluding hydrogens is 320 g/mol. The Hall–Kier alpha value is -2.23. The maximum atomic E-state index is 11.2. The molecule has 2 rings (SSSR count). The average Bonchev–Trinajstić information content (AvgIpc) is 2.94. The largest absolute Gasteiger partial charge is 0.485 e. The molecule has 0 radical (unpaired) electrons. The number of nitrogens with one attached hydrogen (secondary N) is 1. The topological polar surface area (TPSA) is 120 Å². The van der Waals surface area contributed by atoms with Crippen LogP contribution in [0.25, 0.3) is 0 Å². The van der Waals surface area contributed by atoms with Crippen molar-refractivity contribution in [1.29, 1.82) is 0 Å². The summed E-state index contributed by atoms with van der Waals surface area (Å²) in [6.45, 7) is 0.0231. The minimum absolute atomic E-state index is 0.0231. The third-order valence-electron chi connectivity index (χ3n) is 2.38. The molecular formula is C11H9ClN4O4S. The second-order valence-corrected chi connectivity index (χ2v) is 5.04. The fourth-order valence-corrected chi connectivity index (χ4v) is 2.28. The van der Waals surface area contributed by atoms with Gasteiger partial charge in [0, 0.05) is 11.4 Å². The number of benzene rings is 1. The van der Waals surface area contributed by atoms with Crippen molar-refractivity contribution in [3.8, 4) is 5.75 Å². The molecule has 1 amide bonds. The van der Waals surface area contributed by atoms with Crippen LogP contribution in [0.2, 0.25) is 5.02 Å². The smallest absolute Gasteiger partial charge is 0.294 e. The summed E-state index contributed by atoms with van der Waals surface area (Å²) >= 11 is 7.00. The number of halogens is 1. The Bertz CT molecular complexity index is 691. The molecule has 0 unspecified atom stereocenters. The van der Waals surface area contributed by atoms with E-state index in [4.69, 9.17) is 22.2 Å². The number of nitro benzene ring substituents is 1. The minimum atomic E-state index is -0.546. The monoisotopic (exact) mass is 328 g/mol. The molecule has 0 aliphatic carbocycles. The summed E-state index contributed by atoms with van der Waals surface area (Å²) < 4.78 is 5.39. The fraction of sp³-hybridized carbons (Fsp3) is 0.0909. The first-order valence-electron chi connectivity index (χ1n) is 5.53. The highest BCUT2D eigenvalue weighted by atomic mass is 35.5. The number of hydrazine groups is 1. The summed E-state index contributed by atoms with van der Waals surface area (Å²) in [6, 6.07) is 3.88. The quantitative estimate of drug-likeness (QED) is 0.374. The van der Waals surface area contributed by atoms with Crippen LogP contribution in [0, 0.1) is 10.1 Å². The Morgan fingerprint density at radius 3 is 3.00 bits per heavy atom. The molecule has 3 N–H and O–H groups in total. The van der Waals surface area contributed by atoms with Crippen LogP contribution in [0.5, 0.6) is 5.75 Å². The molecule has 1 aromatic carbocycles. The molecule has 1 heterocycles. The number of thiazole rings is 1. The van der Waals surface area contributed by atoms with Crippen LogP contribution in [0.4, 0.5) is 5.69 Å². The van der Waals surface area contributed by atoms with Gasteiger partial charge in [0.25, 0.3) is 11.6 Å². The number of amides is 1. The number of rotatable bonds is 5. The van der Waals surface area contributed by atoms with Gasteiger partial charge in [-0.05, 0) is 6.07 Å². The van der Waals surface area contributed by atoms with Gasteiger partial charge in [0.05, 0.1) is 21.7 Å². The molecule has 1 aromatic heterocycles. The van der Waals surface area contributed by atoms with Gasteiger partial charge in [0.1, 0.15) is 12.4 Å². The molecule has 10 heteroatoms. The first-order valence-corrected chi connectivity index (χ1v) is 6.79. The molecule has 0 aliphatic rings. The Labute approximate surface area is 127 Å². The number of nitro groups is 1. The Morgan fingerprint density at radius 1 is 1.57 bits per heavy atom. The van der Waals surface area contributed by atoms with Gasteiger partial charge in [0.2, 0.25) is 0 Å². The van der Waals surface area contributed by atoms with Crippen molar-refractivity contribution in [3.63, 3.8) is 0 Å². The summed E-state index contributed by atoms with van der Waals surface area (Å²) in [6.07, 6.45) is 0. The number of nitrogens with two attached hydrogens (primary N) is 1. The van der Waals surface area contributed by atoms with Gasteiger partial charge >= 0.3 is 0 Å². The van der Waals surface area contributed by atoms with Gasteiger partial charge in [-0.25, -0.2) is 10.8 Å². The van der Waals surface area contributed by atoms with Crippen molar-refractivity contribution in [1.82, 2.24) is 10.4 Å². The molecule has 0 bridgehead atoms. The van der Waals surface area contributed by atoms with Gasteiger partial charge in [-0.2, -0.15) is 0 Å². The summed E-state index contributed by atoms with van der Waals surface area (Å²) in [5, 5.41) is 12.8. The molecule has 0 aliphatic heterocycles. The fourth-order valence-electron chi connectivity index (χ4n) is 1.41. The van der Waals surface area contributed by atoms with Crippen LogP contribution >= 0.6 is 22.9 Å². The lowest BCUT2D eigenvalue weighted by molar-refractivity contribution is -0.384. The van der Waals surface area contributed by atoms with E-state index in [1.165, 1.54) is 18.2 Å². The normalized spacial score (nSPS) is 10.2. The molecule has 8 nitrogen and oxygen atoms in total. The lowest BCUT2D eigenvalue weighted by atomic mass is 10.3. The predicted molar refractivity (Wildman–Crippen MR) is 76.2 cm³/mol. The first-order chi connectivity index (χ1) is 10.0. The lowest BCUT2D eigenvalue weighted by Crippen LogP contribution is -2.29. The molecule has 0 saturated heterocycles. The maximum Gasteiger partial charge on any atom is 0.294 e. The van der Waals surface area contributed by atoms with Crippen molar-refractivity contribution < 1.29 is 14.5 Å². The average molecular weight is 329 g/mol. The van der Waals surface area contributed by atoms with Crippen LogP contribution < -0.4 is 16.0 Å². The van der Waals surface area contributed by atoms with Crippen LogP contribution in [-0.2, 0) is 6.61 Å². The number of nitrogens with zero attached hydrogens (tertiary/aromatic N) is 2. The highest BCUT2D eigenvalue weighted by molar-refractivity contribution is 7.11. The molecule has 0 spiro atoms. The maximum absolute atomic E-state index is 11.2. The van der Waals surface area contributed by atoms with Crippen LogP contribution in [0.15, 0.2) is 23.6 Å². The van der Waals surface area contributed by atoms with Gasteiger partial charge in [-0.3, -0.25) is 20.3 Å². The zero-order valence-corrected chi connectivity index (χ0v) is 12.0. The van der Waals surface area contributed by atoms with Gasteiger partial charge < -0.3 is 4.74 Å². The standard InChI is InChI=1S/C11H9ClN4O4S/c12-8-2-1-7(16(18)19)3-9(8)20-4-6-5-21-11(14-6)10(17)15-13/h1-3,5H,4,13H2,(H,15,17). The first kappa shape index (κ1) is 15.2. The second kappa shape index (κ2) is 6.48. The number of ether oxygens (including phenoxy) is 1. The zero-order chi connectivity index (χ0) is 15.4. The molecule has 2 aromatic rings. The number of non-ortho nitro benzene ring substituents is 1. The molecule has 0 fully saturated rings. The van der Waals surface area contributed by atoms with E-state index in [2.05, 4.69) is 4.98 Å². The lowest BCUT2D eigenvalue weighted by Gasteiger charge is -2.06. The van der Waals surface area contributed by atoms with Crippen LogP contribution in [-0.4, -0.2) is 15.8 Å². The van der Waals surface area contributed by atoms with Crippen molar-refractivity contribution in [2.75, 3.05) is 0 Å². The Kier molecular flexibility index (Phi) is 4.68. The highest BCUT2D eigenvalue weighted by Gasteiger charge is 2.13. The van der Waals surface area contributed by atoms with Crippen molar-refractivity contribution in [2.45, 2.75) is 6.61 Å². The molecule has 0 atom stereocenters. The number of hydrogen-bond donors (Lipinski definition) is 2. The number of aromatic nitrogens is 1. The van der Waals surface area contributed by atoms with E-state index >= 15 is 0 Å². The minimum Gasteiger partial charge on any atom is -0.485 e. The van der Waals surface area contributed by atoms with Gasteiger partial charge in [-0.1, -0.05) is 11.6 Å². The van der Waals surface area contributed by atoms with Gasteiger partial charge in [0.15, 0.2) is 5.01 Å². The van der Waals surface area contributed by atoms with E-state index in [-0.39, 0.29) is 28.1 Å². The SMILES string of the molecule is NNC(=O)c1nc(COc2cc([N+](=O)[O-])ccc2Cl)cs1. The Morgan fingerprint density at radius 2 is 2.33 bits per heavy atom. The van der Waals surface area contributed by atoms with E-state index in [1.54, 1.807) is 5.38 Å². The van der Waals surface area contributed by atoms with Crippen LogP contribution in [0.1, 0.15) is 15.5 Å². The number of nitrogen functional groups attached to an aromatic ring is 1. The van der Waals surface area contributed by atoms with Crippen molar-refractivity contribution >= 4 is 34.5 Å². The molecule has 21 heavy (non-hydrogen) atoms. The predicted octanol–water partition coefficient (Wildman–Crippen LogP) is 1.89. The second-order valence-electron chi connectivity index (χ2n) is 3.78. The number of carbonyl (C=O) groups is 1. The summed E-state index contributed by atoms with van der Waals surface area (Å²) in [7, 11) is 0. The third-order valence-corrected chi connectivity index (χ3v) is 3.58. The van der Waals surface area contributed by atoms with E-state index in [0.717, 1.165) is 11.3 Å². The summed E-state index contributed by atoms with van der Waals surface area (Å²) in [4.78, 5) is 25.4. The van der Waals surface area contributed by atoms with E-state index < -0.39 is 10.8 Å². The van der Waals surface area contributed by atoms with E-state index in [0.29, 0.717) is 5.69 Å². The summed E-state index contributed by atoms with van der Waals surface area (Å²) in [5.41, 5.74) is 2.33. The number of hydrogen-bond acceptors (Lipinski definition) is 7. The van der Waals surface area contributed by atoms with Crippen LogP contribution in [0.3, 0.4) is 0 Å². The van der Waals surface area contributed by atoms with Crippen molar-refractivity contribution in [3.05, 3.63) is 49.4 Å². The van der Waals surface area contributed by atoms with Gasteiger partial charge in [-0.15, -0.1) is 11.3 Å². The van der Waals surface area contributed by atoms with Crippen molar-refractivity contribution in [2.24, 2.45) is 5.84 Å². The molecule has 110 valence electrons. The Balaban J connectivity index is 2.09. The number of carbonyl (C=O) groups excluding carboxylic acids is 1. The molecule has 0 saturated carbocycles. The summed E-state index contributed by atoms with van der Waals surface area (Å²) in [5.74, 6) is 4.67. The van der Waals surface area contributed by atoms with E-state index in [9.17, 15) is 14.9 Å². The zero-order valence-electron chi connectivity index (χ0n) is 10.4. The third kappa shape index (κ3) is 3.66. The van der Waals surface area contributed by atoms with E-state index in [1.807, 2.05) is 5.43 Å². The highest BCUT2D eigenvalue weighted by Crippen LogP contribution is 2.29.